The van der Waals surface area contributed by atoms with Gasteiger partial charge in [0.05, 0.1) is 13.7 Å². The average molecular weight is 236 g/mol. The number of carbonyl (C=O) groups excluding carboxylic acids is 1. The van der Waals surface area contributed by atoms with Crippen molar-refractivity contribution in [3.05, 3.63) is 23.8 Å². The maximum Gasteiger partial charge on any atom is 0.167 e. The van der Waals surface area contributed by atoms with E-state index in [0.717, 1.165) is 6.42 Å². The number of hydrogen-bond acceptors (Lipinski definition) is 3. The lowest BCUT2D eigenvalue weighted by molar-refractivity contribution is 0.101. The zero-order chi connectivity index (χ0) is 12.8. The molecule has 0 saturated carbocycles. The Morgan fingerprint density at radius 1 is 1.29 bits per heavy atom. The molecule has 1 rings (SSSR count). The lowest BCUT2D eigenvalue weighted by atomic mass is 10.1. The fraction of sp³-hybridized carbons (Fsp3) is 0.500. The topological polar surface area (TPSA) is 35.5 Å². The van der Waals surface area contributed by atoms with Gasteiger partial charge in [-0.15, -0.1) is 0 Å². The maximum absolute atomic E-state index is 11.6. The van der Waals surface area contributed by atoms with Gasteiger partial charge in [0.25, 0.3) is 0 Å². The molecule has 3 nitrogen and oxygen atoms in total. The minimum absolute atomic E-state index is 0.0398. The van der Waals surface area contributed by atoms with Gasteiger partial charge in [-0.1, -0.05) is 19.9 Å². The van der Waals surface area contributed by atoms with Crippen molar-refractivity contribution in [1.82, 2.24) is 0 Å². The van der Waals surface area contributed by atoms with Crippen molar-refractivity contribution in [3.63, 3.8) is 0 Å². The molecule has 0 aliphatic carbocycles. The molecule has 0 aliphatic rings. The Labute approximate surface area is 103 Å². The van der Waals surface area contributed by atoms with Gasteiger partial charge in [-0.2, -0.15) is 0 Å². The number of Topliss-reactive ketones (excluding diaryl/α,β-unsaturated/α-hetero) is 1. The van der Waals surface area contributed by atoms with Crippen molar-refractivity contribution in [2.24, 2.45) is 5.92 Å². The first-order chi connectivity index (χ1) is 8.06. The van der Waals surface area contributed by atoms with Crippen molar-refractivity contribution >= 4 is 5.78 Å². The maximum atomic E-state index is 11.6. The minimum atomic E-state index is -0.0398. The standard InChI is InChI=1S/C14H20O3/c1-10(2)8-9-17-13-7-5-6-12(16-4)14(13)11(3)15/h5-7,10H,8-9H2,1-4H3. The summed E-state index contributed by atoms with van der Waals surface area (Å²) in [5.41, 5.74) is 0.527. The van der Waals surface area contributed by atoms with E-state index in [9.17, 15) is 4.79 Å². The van der Waals surface area contributed by atoms with Gasteiger partial charge in [-0.25, -0.2) is 0 Å². The van der Waals surface area contributed by atoms with E-state index in [1.807, 2.05) is 6.07 Å². The van der Waals surface area contributed by atoms with Crippen LogP contribution in [0.1, 0.15) is 37.6 Å². The van der Waals surface area contributed by atoms with Crippen LogP contribution in [-0.4, -0.2) is 19.5 Å². The van der Waals surface area contributed by atoms with Crippen molar-refractivity contribution in [2.75, 3.05) is 13.7 Å². The summed E-state index contributed by atoms with van der Waals surface area (Å²) in [5.74, 6) is 1.72. The van der Waals surface area contributed by atoms with Crippen molar-refractivity contribution in [2.45, 2.75) is 27.2 Å². The lowest BCUT2D eigenvalue weighted by Crippen LogP contribution is -2.06. The Balaban J connectivity index is 2.87. The van der Waals surface area contributed by atoms with E-state index >= 15 is 0 Å². The highest BCUT2D eigenvalue weighted by Gasteiger charge is 2.14. The molecule has 0 atom stereocenters. The Hall–Kier alpha value is -1.51. The van der Waals surface area contributed by atoms with Crippen molar-refractivity contribution in [1.29, 1.82) is 0 Å². The van der Waals surface area contributed by atoms with Gasteiger partial charge in [0.2, 0.25) is 0 Å². The molecule has 0 spiro atoms. The molecule has 0 bridgehead atoms. The van der Waals surface area contributed by atoms with E-state index < -0.39 is 0 Å². The molecule has 0 N–H and O–H groups in total. The zero-order valence-corrected chi connectivity index (χ0v) is 10.9. The fourth-order valence-electron chi connectivity index (χ4n) is 1.55. The Morgan fingerprint density at radius 2 is 1.94 bits per heavy atom. The fourth-order valence-corrected chi connectivity index (χ4v) is 1.55. The summed E-state index contributed by atoms with van der Waals surface area (Å²) in [6, 6.07) is 5.40. The Kier molecular flexibility index (Phi) is 5.01. The van der Waals surface area contributed by atoms with Crippen LogP contribution in [0, 0.1) is 5.92 Å². The summed E-state index contributed by atoms with van der Waals surface area (Å²) < 4.78 is 10.8. The van der Waals surface area contributed by atoms with E-state index in [2.05, 4.69) is 13.8 Å². The summed E-state index contributed by atoms with van der Waals surface area (Å²) in [6.07, 6.45) is 0.967. The Morgan fingerprint density at radius 3 is 2.47 bits per heavy atom. The normalized spacial score (nSPS) is 10.4. The number of methoxy groups -OCH3 is 1. The second-order valence-electron chi connectivity index (χ2n) is 4.42. The quantitative estimate of drug-likeness (QED) is 0.711. The van der Waals surface area contributed by atoms with E-state index in [0.29, 0.717) is 29.6 Å². The highest BCUT2D eigenvalue weighted by molar-refractivity contribution is 5.99. The third kappa shape index (κ3) is 3.77. The smallest absolute Gasteiger partial charge is 0.167 e. The largest absolute Gasteiger partial charge is 0.496 e. The number of carbonyl (C=O) groups is 1. The molecule has 1 aromatic rings. The van der Waals surface area contributed by atoms with Crippen LogP contribution in [0.5, 0.6) is 11.5 Å². The highest BCUT2D eigenvalue weighted by Crippen LogP contribution is 2.28. The molecule has 0 amide bonds. The SMILES string of the molecule is COc1cccc(OCCC(C)C)c1C(C)=O. The first-order valence-corrected chi connectivity index (χ1v) is 5.87. The van der Waals surface area contributed by atoms with Crippen LogP contribution < -0.4 is 9.47 Å². The van der Waals surface area contributed by atoms with Crippen LogP contribution in [-0.2, 0) is 0 Å². The lowest BCUT2D eigenvalue weighted by Gasteiger charge is -2.13. The van der Waals surface area contributed by atoms with E-state index in [4.69, 9.17) is 9.47 Å². The predicted molar refractivity (Wildman–Crippen MR) is 67.9 cm³/mol. The molecule has 3 heteroatoms. The van der Waals surface area contributed by atoms with Gasteiger partial charge in [-0.3, -0.25) is 4.79 Å². The molecule has 0 saturated heterocycles. The number of hydrogen-bond donors (Lipinski definition) is 0. The number of ketones is 1. The van der Waals surface area contributed by atoms with E-state index in [1.54, 1.807) is 19.2 Å². The molecular weight excluding hydrogens is 216 g/mol. The molecule has 0 radical (unpaired) electrons. The Bertz CT molecular complexity index is 383. The molecule has 0 aliphatic heterocycles. The van der Waals surface area contributed by atoms with Gasteiger partial charge < -0.3 is 9.47 Å². The van der Waals surface area contributed by atoms with Crippen LogP contribution in [0.15, 0.2) is 18.2 Å². The molecule has 0 aromatic heterocycles. The molecule has 1 aromatic carbocycles. The number of rotatable bonds is 6. The summed E-state index contributed by atoms with van der Waals surface area (Å²) >= 11 is 0. The summed E-state index contributed by atoms with van der Waals surface area (Å²) in [4.78, 5) is 11.6. The second kappa shape index (κ2) is 6.28. The predicted octanol–water partition coefficient (Wildman–Crippen LogP) is 3.32. The van der Waals surface area contributed by atoms with Gasteiger partial charge in [0.1, 0.15) is 17.1 Å². The van der Waals surface area contributed by atoms with Crippen LogP contribution in [0.4, 0.5) is 0 Å². The first kappa shape index (κ1) is 13.6. The van der Waals surface area contributed by atoms with Crippen LogP contribution in [0.25, 0.3) is 0 Å². The van der Waals surface area contributed by atoms with Gasteiger partial charge >= 0.3 is 0 Å². The van der Waals surface area contributed by atoms with Gasteiger partial charge in [0.15, 0.2) is 5.78 Å². The molecule has 0 fully saturated rings. The van der Waals surface area contributed by atoms with Crippen LogP contribution >= 0.6 is 0 Å². The van der Waals surface area contributed by atoms with Crippen LogP contribution in [0.3, 0.4) is 0 Å². The van der Waals surface area contributed by atoms with E-state index in [-0.39, 0.29) is 5.78 Å². The zero-order valence-electron chi connectivity index (χ0n) is 10.9. The molecule has 0 unspecified atom stereocenters. The first-order valence-electron chi connectivity index (χ1n) is 5.87. The van der Waals surface area contributed by atoms with Crippen molar-refractivity contribution < 1.29 is 14.3 Å². The van der Waals surface area contributed by atoms with Gasteiger partial charge in [-0.05, 0) is 31.4 Å². The third-order valence-electron chi connectivity index (χ3n) is 2.51. The molecule has 17 heavy (non-hydrogen) atoms. The number of benzene rings is 1. The second-order valence-corrected chi connectivity index (χ2v) is 4.42. The minimum Gasteiger partial charge on any atom is -0.496 e. The third-order valence-corrected chi connectivity index (χ3v) is 2.51. The monoisotopic (exact) mass is 236 g/mol. The summed E-state index contributed by atoms with van der Waals surface area (Å²) in [6.45, 7) is 6.42. The van der Waals surface area contributed by atoms with Gasteiger partial charge in [0, 0.05) is 0 Å². The molecular formula is C14H20O3. The highest BCUT2D eigenvalue weighted by atomic mass is 16.5. The molecule has 94 valence electrons. The van der Waals surface area contributed by atoms with Crippen molar-refractivity contribution in [3.8, 4) is 11.5 Å². The molecule has 0 heterocycles. The average Bonchev–Trinajstić information content (AvgIpc) is 2.27. The van der Waals surface area contributed by atoms with Crippen LogP contribution in [0.2, 0.25) is 0 Å². The number of ether oxygens (including phenoxy) is 2. The summed E-state index contributed by atoms with van der Waals surface area (Å²) in [7, 11) is 1.56. The summed E-state index contributed by atoms with van der Waals surface area (Å²) in [5, 5.41) is 0. The van der Waals surface area contributed by atoms with E-state index in [1.165, 1.54) is 6.92 Å².